The molecule has 192 valence electrons. The van der Waals surface area contributed by atoms with Gasteiger partial charge in [0, 0.05) is 30.3 Å². The molecule has 0 bridgehead atoms. The maximum atomic E-state index is 11.8. The number of nitrogens with one attached hydrogen (secondary N) is 1. The molecule has 0 fully saturated rings. The van der Waals surface area contributed by atoms with Crippen molar-refractivity contribution in [2.45, 2.75) is 53.0 Å². The Hall–Kier alpha value is -4.51. The van der Waals surface area contributed by atoms with E-state index in [0.717, 1.165) is 24.0 Å². The number of benzene rings is 1. The zero-order valence-electron chi connectivity index (χ0n) is 21.7. The van der Waals surface area contributed by atoms with Crippen molar-refractivity contribution in [1.82, 2.24) is 15.0 Å². The van der Waals surface area contributed by atoms with Crippen molar-refractivity contribution in [2.75, 3.05) is 5.32 Å². The van der Waals surface area contributed by atoms with Crippen LogP contribution in [0.15, 0.2) is 78.8 Å². The number of carboxylic acid groups (broad SMARTS) is 1. The molecule has 4 rings (SSSR count). The molecule has 0 saturated carbocycles. The zero-order valence-corrected chi connectivity index (χ0v) is 21.7. The van der Waals surface area contributed by atoms with Gasteiger partial charge in [-0.2, -0.15) is 5.26 Å². The Labute approximate surface area is 218 Å². The van der Waals surface area contributed by atoms with Crippen molar-refractivity contribution in [3.8, 4) is 29.0 Å². The van der Waals surface area contributed by atoms with Crippen molar-refractivity contribution < 1.29 is 14.6 Å². The number of carboxylic acids is 1. The van der Waals surface area contributed by atoms with Gasteiger partial charge in [-0.1, -0.05) is 45.9 Å². The molecular formula is C29H33N5O3. The van der Waals surface area contributed by atoms with Crippen LogP contribution in [0.2, 0.25) is 0 Å². The molecule has 8 heteroatoms. The van der Waals surface area contributed by atoms with Gasteiger partial charge in [0.2, 0.25) is 5.88 Å². The largest absolute Gasteiger partial charge is 0.480 e. The quantitative estimate of drug-likeness (QED) is 0.347. The topological polar surface area (TPSA) is 121 Å². The van der Waals surface area contributed by atoms with Gasteiger partial charge in [0.25, 0.3) is 0 Å². The summed E-state index contributed by atoms with van der Waals surface area (Å²) < 4.78 is 5.70. The lowest BCUT2D eigenvalue weighted by Gasteiger charge is -2.17. The molecule has 1 aromatic carbocycles. The third-order valence-electron chi connectivity index (χ3n) is 5.04. The number of aromatic nitrogens is 3. The second-order valence-electron chi connectivity index (χ2n) is 7.41. The van der Waals surface area contributed by atoms with Gasteiger partial charge in [0.15, 0.2) is 0 Å². The number of rotatable bonds is 8. The SMILES string of the molecule is CC.CC.N#Cc1ccnc(Oc2ccc(-c3cc(NC(CC4=CCCC=C4)C(=O)O)ncn3)cc2)c1. The maximum absolute atomic E-state index is 11.8. The molecule has 1 atom stereocenters. The highest BCUT2D eigenvalue weighted by atomic mass is 16.5. The molecule has 0 amide bonds. The van der Waals surface area contributed by atoms with Crippen LogP contribution in [0.1, 0.15) is 52.5 Å². The second-order valence-corrected chi connectivity index (χ2v) is 7.41. The van der Waals surface area contributed by atoms with Crippen molar-refractivity contribution in [2.24, 2.45) is 0 Å². The smallest absolute Gasteiger partial charge is 0.326 e. The van der Waals surface area contributed by atoms with E-state index in [1.54, 1.807) is 30.3 Å². The Kier molecular flexibility index (Phi) is 12.0. The van der Waals surface area contributed by atoms with Gasteiger partial charge in [0.1, 0.15) is 23.9 Å². The summed E-state index contributed by atoms with van der Waals surface area (Å²) in [6.45, 7) is 8.00. The van der Waals surface area contributed by atoms with Gasteiger partial charge in [-0.15, -0.1) is 0 Å². The van der Waals surface area contributed by atoms with Gasteiger partial charge < -0.3 is 15.2 Å². The minimum absolute atomic E-state index is 0.331. The highest BCUT2D eigenvalue weighted by Gasteiger charge is 2.19. The normalized spacial score (nSPS) is 12.4. The molecule has 0 spiro atoms. The number of anilines is 1. The van der Waals surface area contributed by atoms with E-state index in [0.29, 0.717) is 35.1 Å². The Morgan fingerprint density at radius 3 is 2.49 bits per heavy atom. The lowest BCUT2D eigenvalue weighted by atomic mass is 10.00. The third kappa shape index (κ3) is 8.89. The van der Waals surface area contributed by atoms with Gasteiger partial charge in [-0.3, -0.25) is 0 Å². The van der Waals surface area contributed by atoms with Crippen LogP contribution in [0, 0.1) is 11.3 Å². The molecule has 2 heterocycles. The Morgan fingerprint density at radius 2 is 1.84 bits per heavy atom. The monoisotopic (exact) mass is 499 g/mol. The molecule has 1 unspecified atom stereocenters. The number of nitrogens with zero attached hydrogens (tertiary/aromatic N) is 4. The Morgan fingerprint density at radius 1 is 1.08 bits per heavy atom. The third-order valence-corrected chi connectivity index (χ3v) is 5.04. The van der Waals surface area contributed by atoms with Crippen molar-refractivity contribution in [3.63, 3.8) is 0 Å². The summed E-state index contributed by atoms with van der Waals surface area (Å²) in [6.07, 6.45) is 11.3. The number of allylic oxidation sites excluding steroid dienone is 3. The summed E-state index contributed by atoms with van der Waals surface area (Å²) in [5.74, 6) is 0.391. The predicted octanol–water partition coefficient (Wildman–Crippen LogP) is 6.79. The van der Waals surface area contributed by atoms with E-state index in [-0.39, 0.29) is 0 Å². The summed E-state index contributed by atoms with van der Waals surface area (Å²) in [5.41, 5.74) is 2.93. The fourth-order valence-electron chi connectivity index (χ4n) is 3.38. The molecule has 2 aromatic heterocycles. The molecule has 0 aliphatic heterocycles. The molecule has 2 N–H and O–H groups in total. The molecular weight excluding hydrogens is 466 g/mol. The molecule has 1 aliphatic carbocycles. The fourth-order valence-corrected chi connectivity index (χ4v) is 3.38. The predicted molar refractivity (Wildman–Crippen MR) is 145 cm³/mol. The van der Waals surface area contributed by atoms with E-state index in [4.69, 9.17) is 10.00 Å². The number of ether oxygens (including phenoxy) is 1. The highest BCUT2D eigenvalue weighted by molar-refractivity contribution is 5.78. The minimum atomic E-state index is -0.939. The lowest BCUT2D eigenvalue weighted by molar-refractivity contribution is -0.137. The summed E-state index contributed by atoms with van der Waals surface area (Å²) >= 11 is 0. The van der Waals surface area contributed by atoms with Crippen LogP contribution in [0.3, 0.4) is 0 Å². The number of hydrogen-bond acceptors (Lipinski definition) is 7. The molecule has 0 radical (unpaired) electrons. The highest BCUT2D eigenvalue weighted by Crippen LogP contribution is 2.25. The molecule has 37 heavy (non-hydrogen) atoms. The number of nitriles is 1. The van der Waals surface area contributed by atoms with Gasteiger partial charge in [-0.25, -0.2) is 19.7 Å². The van der Waals surface area contributed by atoms with E-state index in [1.165, 1.54) is 12.5 Å². The van der Waals surface area contributed by atoms with Gasteiger partial charge >= 0.3 is 5.97 Å². The van der Waals surface area contributed by atoms with E-state index in [1.807, 2.05) is 52.0 Å². The van der Waals surface area contributed by atoms with Crippen molar-refractivity contribution in [1.29, 1.82) is 5.26 Å². The summed E-state index contributed by atoms with van der Waals surface area (Å²) in [4.78, 5) is 24.4. The second kappa shape index (κ2) is 15.5. The number of carbonyl (C=O) groups is 1. The average molecular weight is 500 g/mol. The first-order chi connectivity index (χ1) is 18.1. The van der Waals surface area contributed by atoms with E-state index in [9.17, 15) is 9.90 Å². The summed E-state index contributed by atoms with van der Waals surface area (Å²) in [7, 11) is 0. The number of hydrogen-bond donors (Lipinski definition) is 2. The van der Waals surface area contributed by atoms with Crippen LogP contribution >= 0.6 is 0 Å². The molecule has 3 aromatic rings. The molecule has 0 saturated heterocycles. The molecule has 1 aliphatic rings. The summed E-state index contributed by atoms with van der Waals surface area (Å²) in [6, 6.07) is 13.4. The first-order valence-corrected chi connectivity index (χ1v) is 12.4. The Balaban J connectivity index is 0.00000115. The first kappa shape index (κ1) is 28.7. The van der Waals surface area contributed by atoms with E-state index < -0.39 is 12.0 Å². The van der Waals surface area contributed by atoms with E-state index in [2.05, 4.69) is 32.4 Å². The van der Waals surface area contributed by atoms with Crippen LogP contribution < -0.4 is 10.1 Å². The van der Waals surface area contributed by atoms with Crippen LogP contribution in [0.25, 0.3) is 11.3 Å². The fraction of sp³-hybridized carbons (Fsp3) is 0.276. The zero-order chi connectivity index (χ0) is 27.0. The van der Waals surface area contributed by atoms with Crippen molar-refractivity contribution in [3.05, 3.63) is 84.4 Å². The molecule has 8 nitrogen and oxygen atoms in total. The average Bonchev–Trinajstić information content (AvgIpc) is 2.96. The van der Waals surface area contributed by atoms with Gasteiger partial charge in [-0.05, 0) is 48.7 Å². The van der Waals surface area contributed by atoms with Crippen LogP contribution in [-0.2, 0) is 4.79 Å². The van der Waals surface area contributed by atoms with Crippen LogP contribution in [0.4, 0.5) is 5.82 Å². The lowest BCUT2D eigenvalue weighted by Crippen LogP contribution is -2.30. The van der Waals surface area contributed by atoms with E-state index >= 15 is 0 Å². The maximum Gasteiger partial charge on any atom is 0.326 e. The standard InChI is InChI=1S/C25H21N5O3.2C2H6/c26-15-18-10-11-27-24(13-18)33-20-8-6-19(7-9-20)21-14-23(29-16-28-21)30-22(25(31)32)12-17-4-2-1-3-5-17;2*1-2/h2,4-11,13-14,16,22H,1,3,12H2,(H,31,32)(H,28,29,30);2*1-2H3. The van der Waals surface area contributed by atoms with Crippen LogP contribution in [-0.4, -0.2) is 32.1 Å². The number of aliphatic carboxylic acids is 1. The van der Waals surface area contributed by atoms with Gasteiger partial charge in [0.05, 0.1) is 17.3 Å². The van der Waals surface area contributed by atoms with Crippen molar-refractivity contribution >= 4 is 11.8 Å². The first-order valence-electron chi connectivity index (χ1n) is 12.4. The minimum Gasteiger partial charge on any atom is -0.480 e. The Bertz CT molecular complexity index is 1250. The summed E-state index contributed by atoms with van der Waals surface area (Å²) in [5, 5.41) is 21.6. The van der Waals surface area contributed by atoms with Crippen LogP contribution in [0.5, 0.6) is 11.6 Å². The number of pyridine rings is 1.